The van der Waals surface area contributed by atoms with Crippen LogP contribution in [0.5, 0.6) is 0 Å². The van der Waals surface area contributed by atoms with E-state index in [9.17, 15) is 10.1 Å². The fourth-order valence-electron chi connectivity index (χ4n) is 2.63. The van der Waals surface area contributed by atoms with Crippen molar-refractivity contribution in [3.63, 3.8) is 0 Å². The highest BCUT2D eigenvalue weighted by molar-refractivity contribution is 9.10. The lowest BCUT2D eigenvalue weighted by molar-refractivity contribution is -0.119. The lowest BCUT2D eigenvalue weighted by Crippen LogP contribution is -2.12. The van der Waals surface area contributed by atoms with Gasteiger partial charge < -0.3 is 5.32 Å². The summed E-state index contributed by atoms with van der Waals surface area (Å²) in [6.07, 6.45) is 1.03. The number of carbonyl (C=O) groups excluding carboxylic acids is 1. The number of nitrogens with one attached hydrogen (secondary N) is 1. The van der Waals surface area contributed by atoms with E-state index in [0.29, 0.717) is 24.4 Å². The summed E-state index contributed by atoms with van der Waals surface area (Å²) in [7, 11) is 0. The number of nitrogens with zero attached hydrogens (tertiary/aromatic N) is 2. The van der Waals surface area contributed by atoms with Crippen LogP contribution in [0.2, 0.25) is 0 Å². The predicted octanol–water partition coefficient (Wildman–Crippen LogP) is 5.64. The second-order valence-electron chi connectivity index (χ2n) is 6.00. The molecule has 3 rings (SSSR count). The molecule has 1 atom stereocenters. The van der Waals surface area contributed by atoms with Crippen molar-refractivity contribution < 1.29 is 4.79 Å². The van der Waals surface area contributed by atoms with Crippen molar-refractivity contribution in [3.8, 4) is 17.3 Å². The van der Waals surface area contributed by atoms with E-state index in [4.69, 9.17) is 0 Å². The molecule has 0 saturated carbocycles. The largest absolute Gasteiger partial charge is 0.385 e. The molecule has 0 saturated heterocycles. The molecule has 0 fully saturated rings. The minimum atomic E-state index is -0.795. The Kier molecular flexibility index (Phi) is 6.74. The lowest BCUT2D eigenvalue weighted by atomic mass is 10.0. The number of ketones is 1. The average molecular weight is 440 g/mol. The quantitative estimate of drug-likeness (QED) is 0.461. The summed E-state index contributed by atoms with van der Waals surface area (Å²) in [5.74, 6) is -0.875. The van der Waals surface area contributed by atoms with Crippen molar-refractivity contribution >= 4 is 38.7 Å². The van der Waals surface area contributed by atoms with Gasteiger partial charge in [0, 0.05) is 34.1 Å². The molecular weight excluding hydrogens is 422 g/mol. The smallest absolute Gasteiger partial charge is 0.157 e. The van der Waals surface area contributed by atoms with Gasteiger partial charge in [0.15, 0.2) is 11.7 Å². The SMILES string of the molecule is N#CC(C(=O)CCCNc1ccccc1)c1nc(-c2ccc(Br)cc2)cs1. The number of Topliss-reactive ketones (excluding diaryl/α,β-unsaturated/α-hetero) is 1. The summed E-state index contributed by atoms with van der Waals surface area (Å²) in [6, 6.07) is 19.8. The highest BCUT2D eigenvalue weighted by atomic mass is 79.9. The number of aromatic nitrogens is 1. The number of carbonyl (C=O) groups is 1. The molecule has 0 amide bonds. The summed E-state index contributed by atoms with van der Waals surface area (Å²) in [5.41, 5.74) is 2.79. The molecule has 1 unspecified atom stereocenters. The Balaban J connectivity index is 1.57. The van der Waals surface area contributed by atoms with Gasteiger partial charge in [0.25, 0.3) is 0 Å². The Bertz CT molecular complexity index is 932. The molecule has 27 heavy (non-hydrogen) atoms. The number of halogens is 1. The van der Waals surface area contributed by atoms with Gasteiger partial charge in [-0.05, 0) is 30.7 Å². The first kappa shape index (κ1) is 19.3. The second-order valence-corrected chi connectivity index (χ2v) is 7.81. The summed E-state index contributed by atoms with van der Waals surface area (Å²) >= 11 is 4.77. The first-order chi connectivity index (χ1) is 13.2. The molecule has 1 aromatic heterocycles. The molecule has 0 aliphatic carbocycles. The highest BCUT2D eigenvalue weighted by Crippen LogP contribution is 2.28. The maximum absolute atomic E-state index is 12.5. The van der Waals surface area contributed by atoms with E-state index in [0.717, 1.165) is 21.4 Å². The number of anilines is 1. The maximum atomic E-state index is 12.5. The van der Waals surface area contributed by atoms with Gasteiger partial charge in [-0.3, -0.25) is 4.79 Å². The molecule has 136 valence electrons. The first-order valence-electron chi connectivity index (χ1n) is 8.60. The zero-order valence-corrected chi connectivity index (χ0v) is 17.0. The third-order valence-corrected chi connectivity index (χ3v) is 5.50. The number of nitriles is 1. The second kappa shape index (κ2) is 9.45. The van der Waals surface area contributed by atoms with Gasteiger partial charge in [-0.2, -0.15) is 5.26 Å². The lowest BCUT2D eigenvalue weighted by Gasteiger charge is -2.07. The predicted molar refractivity (Wildman–Crippen MR) is 113 cm³/mol. The van der Waals surface area contributed by atoms with E-state index in [1.54, 1.807) is 0 Å². The van der Waals surface area contributed by atoms with Gasteiger partial charge >= 0.3 is 0 Å². The first-order valence-corrected chi connectivity index (χ1v) is 10.3. The van der Waals surface area contributed by atoms with Crippen LogP contribution in [0, 0.1) is 11.3 Å². The van der Waals surface area contributed by atoms with Crippen LogP contribution in [-0.2, 0) is 4.79 Å². The molecule has 3 aromatic rings. The summed E-state index contributed by atoms with van der Waals surface area (Å²) in [5, 5.41) is 15.2. The maximum Gasteiger partial charge on any atom is 0.157 e. The van der Waals surface area contributed by atoms with Crippen LogP contribution in [0.1, 0.15) is 23.8 Å². The monoisotopic (exact) mass is 439 g/mol. The molecule has 0 spiro atoms. The number of rotatable bonds is 8. The zero-order valence-electron chi connectivity index (χ0n) is 14.6. The Morgan fingerprint density at radius 3 is 2.63 bits per heavy atom. The standard InChI is InChI=1S/C21H18BrN3OS/c22-16-10-8-15(9-11-16)19-14-27-21(25-19)18(13-23)20(26)7-4-12-24-17-5-2-1-3-6-17/h1-3,5-6,8-11,14,18,24H,4,7,12H2. The van der Waals surface area contributed by atoms with Crippen LogP contribution in [0.15, 0.2) is 64.5 Å². The number of thiazole rings is 1. The van der Waals surface area contributed by atoms with Crippen molar-refractivity contribution in [2.45, 2.75) is 18.8 Å². The average Bonchev–Trinajstić information content (AvgIpc) is 3.17. The van der Waals surface area contributed by atoms with Gasteiger partial charge in [0.2, 0.25) is 0 Å². The Hall–Kier alpha value is -2.49. The molecule has 1 heterocycles. The van der Waals surface area contributed by atoms with E-state index >= 15 is 0 Å². The molecule has 0 aliphatic heterocycles. The van der Waals surface area contributed by atoms with Gasteiger partial charge in [-0.15, -0.1) is 11.3 Å². The van der Waals surface area contributed by atoms with Gasteiger partial charge in [-0.1, -0.05) is 46.3 Å². The molecule has 0 aliphatic rings. The zero-order chi connectivity index (χ0) is 19.1. The number of para-hydroxylation sites is 1. The van der Waals surface area contributed by atoms with E-state index in [2.05, 4.69) is 32.3 Å². The highest BCUT2D eigenvalue weighted by Gasteiger charge is 2.23. The van der Waals surface area contributed by atoms with Crippen molar-refractivity contribution in [2.24, 2.45) is 0 Å². The van der Waals surface area contributed by atoms with Crippen LogP contribution < -0.4 is 5.32 Å². The molecule has 0 bridgehead atoms. The summed E-state index contributed by atoms with van der Waals surface area (Å²) in [6.45, 7) is 0.690. The van der Waals surface area contributed by atoms with E-state index in [-0.39, 0.29) is 5.78 Å². The van der Waals surface area contributed by atoms with Crippen LogP contribution in [0.4, 0.5) is 5.69 Å². The number of hydrogen-bond donors (Lipinski definition) is 1. The molecule has 4 nitrogen and oxygen atoms in total. The third kappa shape index (κ3) is 5.25. The van der Waals surface area contributed by atoms with Crippen molar-refractivity contribution in [1.29, 1.82) is 5.26 Å². The minimum absolute atomic E-state index is 0.0796. The Labute approximate surface area is 171 Å². The summed E-state index contributed by atoms with van der Waals surface area (Å²) in [4.78, 5) is 17.0. The molecule has 2 aromatic carbocycles. The minimum Gasteiger partial charge on any atom is -0.385 e. The number of hydrogen-bond acceptors (Lipinski definition) is 5. The van der Waals surface area contributed by atoms with Gasteiger partial charge in [0.05, 0.1) is 11.8 Å². The van der Waals surface area contributed by atoms with Crippen LogP contribution in [-0.4, -0.2) is 17.3 Å². The van der Waals surface area contributed by atoms with E-state index in [1.165, 1.54) is 11.3 Å². The van der Waals surface area contributed by atoms with Crippen molar-refractivity contribution in [1.82, 2.24) is 4.98 Å². The molecule has 1 N–H and O–H groups in total. The van der Waals surface area contributed by atoms with E-state index in [1.807, 2.05) is 60.0 Å². The van der Waals surface area contributed by atoms with Gasteiger partial charge in [0.1, 0.15) is 5.01 Å². The van der Waals surface area contributed by atoms with Crippen LogP contribution >= 0.6 is 27.3 Å². The van der Waals surface area contributed by atoms with Crippen molar-refractivity contribution in [2.75, 3.05) is 11.9 Å². The molecule has 6 heteroatoms. The van der Waals surface area contributed by atoms with Crippen LogP contribution in [0.25, 0.3) is 11.3 Å². The number of benzene rings is 2. The Morgan fingerprint density at radius 2 is 1.93 bits per heavy atom. The molecular formula is C21H18BrN3OS. The Morgan fingerprint density at radius 1 is 1.19 bits per heavy atom. The fourth-order valence-corrected chi connectivity index (χ4v) is 3.79. The molecule has 0 radical (unpaired) electrons. The van der Waals surface area contributed by atoms with Gasteiger partial charge in [-0.25, -0.2) is 4.98 Å². The summed E-state index contributed by atoms with van der Waals surface area (Å²) < 4.78 is 0.996. The van der Waals surface area contributed by atoms with Crippen LogP contribution in [0.3, 0.4) is 0 Å². The normalized spacial score (nSPS) is 11.6. The fraction of sp³-hybridized carbons (Fsp3) is 0.190. The third-order valence-electron chi connectivity index (χ3n) is 4.06. The van der Waals surface area contributed by atoms with Crippen molar-refractivity contribution in [3.05, 3.63) is 69.5 Å². The topological polar surface area (TPSA) is 65.8 Å². The van der Waals surface area contributed by atoms with E-state index < -0.39 is 5.92 Å².